The number of alkyl halides is 3. The molecule has 4 aromatic rings. The Morgan fingerprint density at radius 1 is 1.09 bits per heavy atom. The number of rotatable bonds is 4. The molecule has 0 fully saturated rings. The average Bonchev–Trinajstić information content (AvgIpc) is 3.14. The Bertz CT molecular complexity index is 1390. The highest BCUT2D eigenvalue weighted by molar-refractivity contribution is 5.96. The lowest BCUT2D eigenvalue weighted by atomic mass is 10.1. The van der Waals surface area contributed by atoms with Crippen LogP contribution in [-0.2, 0) is 6.18 Å². The smallest absolute Gasteiger partial charge is 0.348 e. The fraction of sp³-hybridized carbons (Fsp3) is 0.261. The van der Waals surface area contributed by atoms with Crippen LogP contribution in [0.4, 0.5) is 13.2 Å². The number of carbonyl (C=O) groups is 1. The van der Waals surface area contributed by atoms with Gasteiger partial charge in [-0.05, 0) is 29.7 Å². The fourth-order valence-electron chi connectivity index (χ4n) is 3.45. The Kier molecular flexibility index (Phi) is 5.28. The molecule has 2 heterocycles. The maximum absolute atomic E-state index is 13.9. The number of carbonyl (C=O) groups excluding carboxylic acids is 1. The van der Waals surface area contributed by atoms with Crippen LogP contribution in [0.15, 0.2) is 53.5 Å². The van der Waals surface area contributed by atoms with Crippen LogP contribution in [0.25, 0.3) is 27.5 Å². The van der Waals surface area contributed by atoms with Crippen molar-refractivity contribution >= 4 is 22.2 Å². The molecular formula is C23H21F3N4O2. The quantitative estimate of drug-likeness (QED) is 0.484. The standard InChI is InChI=1S/C23H21F3N4O2/c1-12(2)13(3)27-21(31)19-18(23(24,25)26)20-22(32)28-17(11-30(20)29-19)16-9-8-14-6-4-5-7-15(14)10-16/h4-13H,1-3H3,(H,27,31)(H,28,32)/t13-/m1/s1. The van der Waals surface area contributed by atoms with Crippen molar-refractivity contribution in [3.8, 4) is 11.3 Å². The predicted octanol–water partition coefficient (Wildman–Crippen LogP) is 4.64. The van der Waals surface area contributed by atoms with Crippen molar-refractivity contribution in [3.63, 3.8) is 0 Å². The normalized spacial score (nSPS) is 13.1. The largest absolute Gasteiger partial charge is 0.421 e. The van der Waals surface area contributed by atoms with Gasteiger partial charge < -0.3 is 10.3 Å². The summed E-state index contributed by atoms with van der Waals surface area (Å²) in [5.74, 6) is -0.970. The highest BCUT2D eigenvalue weighted by Gasteiger charge is 2.41. The van der Waals surface area contributed by atoms with Gasteiger partial charge in [0.15, 0.2) is 5.69 Å². The summed E-state index contributed by atoms with van der Waals surface area (Å²) in [5, 5.41) is 8.28. The topological polar surface area (TPSA) is 79.3 Å². The SMILES string of the molecule is CC(C)[C@@H](C)NC(=O)c1nn2cc(-c3ccc4ccccc4c3)[nH]c(=O)c2c1C(F)(F)F. The van der Waals surface area contributed by atoms with E-state index < -0.39 is 34.4 Å². The number of hydrogen-bond acceptors (Lipinski definition) is 3. The Morgan fingerprint density at radius 2 is 1.78 bits per heavy atom. The predicted molar refractivity (Wildman–Crippen MR) is 116 cm³/mol. The van der Waals surface area contributed by atoms with Gasteiger partial charge in [0.25, 0.3) is 11.5 Å². The molecule has 2 aromatic carbocycles. The number of H-pyrrole nitrogens is 1. The maximum Gasteiger partial charge on any atom is 0.421 e. The molecule has 0 bridgehead atoms. The van der Waals surface area contributed by atoms with E-state index in [-0.39, 0.29) is 17.7 Å². The first kappa shape index (κ1) is 21.6. The van der Waals surface area contributed by atoms with E-state index >= 15 is 0 Å². The number of aromatic amines is 1. The van der Waals surface area contributed by atoms with Gasteiger partial charge >= 0.3 is 6.18 Å². The molecule has 2 N–H and O–H groups in total. The fourth-order valence-corrected chi connectivity index (χ4v) is 3.45. The molecule has 2 aromatic heterocycles. The number of amides is 1. The van der Waals surface area contributed by atoms with Crippen LogP contribution in [0.5, 0.6) is 0 Å². The number of hydrogen-bond donors (Lipinski definition) is 2. The van der Waals surface area contributed by atoms with Gasteiger partial charge in [0.05, 0.1) is 11.9 Å². The van der Waals surface area contributed by atoms with Crippen LogP contribution in [-0.4, -0.2) is 26.5 Å². The van der Waals surface area contributed by atoms with Gasteiger partial charge in [-0.25, -0.2) is 4.52 Å². The summed E-state index contributed by atoms with van der Waals surface area (Å²) in [6, 6.07) is 12.6. The number of benzene rings is 2. The molecule has 0 unspecified atom stereocenters. The van der Waals surface area contributed by atoms with E-state index in [1.165, 1.54) is 6.20 Å². The second-order valence-corrected chi connectivity index (χ2v) is 8.08. The summed E-state index contributed by atoms with van der Waals surface area (Å²) in [6.07, 6.45) is -3.65. The molecule has 0 aliphatic carbocycles. The third-order valence-electron chi connectivity index (χ3n) is 5.54. The van der Waals surface area contributed by atoms with Crippen LogP contribution in [0, 0.1) is 5.92 Å². The van der Waals surface area contributed by atoms with Crippen molar-refractivity contribution in [3.05, 3.63) is 70.3 Å². The monoisotopic (exact) mass is 442 g/mol. The van der Waals surface area contributed by atoms with Crippen molar-refractivity contribution in [1.82, 2.24) is 19.9 Å². The Hall–Kier alpha value is -3.62. The lowest BCUT2D eigenvalue weighted by molar-refractivity contribution is -0.136. The minimum atomic E-state index is -4.94. The summed E-state index contributed by atoms with van der Waals surface area (Å²) >= 11 is 0. The van der Waals surface area contributed by atoms with Crippen molar-refractivity contribution in [2.45, 2.75) is 33.0 Å². The van der Waals surface area contributed by atoms with E-state index in [9.17, 15) is 22.8 Å². The molecule has 0 saturated heterocycles. The number of fused-ring (bicyclic) bond motifs is 2. The van der Waals surface area contributed by atoms with Crippen molar-refractivity contribution in [2.75, 3.05) is 0 Å². The highest BCUT2D eigenvalue weighted by atomic mass is 19.4. The molecule has 0 aliphatic heterocycles. The Labute approximate surface area is 181 Å². The second-order valence-electron chi connectivity index (χ2n) is 8.08. The molecule has 9 heteroatoms. The van der Waals surface area contributed by atoms with E-state index in [2.05, 4.69) is 15.4 Å². The molecular weight excluding hydrogens is 421 g/mol. The van der Waals surface area contributed by atoms with E-state index in [1.54, 1.807) is 13.0 Å². The molecule has 0 aliphatic rings. The van der Waals surface area contributed by atoms with Crippen LogP contribution in [0.1, 0.15) is 36.8 Å². The summed E-state index contributed by atoms with van der Waals surface area (Å²) in [4.78, 5) is 27.8. The summed E-state index contributed by atoms with van der Waals surface area (Å²) in [5.41, 5.74) is -2.99. The summed E-state index contributed by atoms with van der Waals surface area (Å²) < 4.78 is 42.4. The van der Waals surface area contributed by atoms with Gasteiger partial charge in [-0.1, -0.05) is 50.2 Å². The van der Waals surface area contributed by atoms with Crippen LogP contribution < -0.4 is 10.9 Å². The van der Waals surface area contributed by atoms with Gasteiger partial charge in [0.2, 0.25) is 0 Å². The van der Waals surface area contributed by atoms with E-state index in [1.807, 2.05) is 50.2 Å². The summed E-state index contributed by atoms with van der Waals surface area (Å²) in [6.45, 7) is 5.36. The van der Waals surface area contributed by atoms with Gasteiger partial charge in [-0.15, -0.1) is 0 Å². The van der Waals surface area contributed by atoms with Crippen molar-refractivity contribution in [1.29, 1.82) is 0 Å². The molecule has 0 spiro atoms. The van der Waals surface area contributed by atoms with Gasteiger partial charge in [-0.2, -0.15) is 18.3 Å². The first-order valence-electron chi connectivity index (χ1n) is 10.1. The second kappa shape index (κ2) is 7.81. The minimum Gasteiger partial charge on any atom is -0.348 e. The van der Waals surface area contributed by atoms with Gasteiger partial charge in [0.1, 0.15) is 11.1 Å². The Morgan fingerprint density at radius 3 is 2.44 bits per heavy atom. The molecule has 0 saturated carbocycles. The van der Waals surface area contributed by atoms with Crippen molar-refractivity contribution < 1.29 is 18.0 Å². The van der Waals surface area contributed by atoms with E-state index in [0.29, 0.717) is 5.56 Å². The third kappa shape index (κ3) is 3.86. The van der Waals surface area contributed by atoms with Crippen LogP contribution in [0.2, 0.25) is 0 Å². The zero-order valence-corrected chi connectivity index (χ0v) is 17.6. The molecule has 6 nitrogen and oxygen atoms in total. The number of nitrogens with one attached hydrogen (secondary N) is 2. The molecule has 0 radical (unpaired) electrons. The van der Waals surface area contributed by atoms with Gasteiger partial charge in [0, 0.05) is 11.6 Å². The first-order chi connectivity index (χ1) is 15.1. The first-order valence-corrected chi connectivity index (χ1v) is 10.1. The highest BCUT2D eigenvalue weighted by Crippen LogP contribution is 2.34. The minimum absolute atomic E-state index is 0.00762. The lowest BCUT2D eigenvalue weighted by Gasteiger charge is -2.17. The summed E-state index contributed by atoms with van der Waals surface area (Å²) in [7, 11) is 0. The lowest BCUT2D eigenvalue weighted by Crippen LogP contribution is -2.37. The van der Waals surface area contributed by atoms with Crippen molar-refractivity contribution in [2.24, 2.45) is 5.92 Å². The van der Waals surface area contributed by atoms with E-state index in [4.69, 9.17) is 0 Å². The van der Waals surface area contributed by atoms with E-state index in [0.717, 1.165) is 15.3 Å². The van der Waals surface area contributed by atoms with Crippen LogP contribution in [0.3, 0.4) is 0 Å². The number of nitrogens with zero attached hydrogens (tertiary/aromatic N) is 2. The molecule has 4 rings (SSSR count). The molecule has 1 atom stereocenters. The third-order valence-corrected chi connectivity index (χ3v) is 5.54. The zero-order chi connectivity index (χ0) is 23.2. The molecule has 32 heavy (non-hydrogen) atoms. The number of aromatic nitrogens is 3. The maximum atomic E-state index is 13.9. The van der Waals surface area contributed by atoms with Crippen LogP contribution >= 0.6 is 0 Å². The molecule has 166 valence electrons. The zero-order valence-electron chi connectivity index (χ0n) is 17.6. The molecule has 1 amide bonds. The average molecular weight is 442 g/mol. The van der Waals surface area contributed by atoms with Gasteiger partial charge in [-0.3, -0.25) is 9.59 Å². The Balaban J connectivity index is 1.88. The number of halogens is 3.